The molecular formula is C13H20N2O7P. The van der Waals surface area contributed by atoms with E-state index in [-0.39, 0.29) is 12.7 Å². The Labute approximate surface area is 133 Å². The van der Waals surface area contributed by atoms with Gasteiger partial charge in [0.25, 0.3) is 0 Å². The third-order valence-corrected chi connectivity index (χ3v) is 5.43. The van der Waals surface area contributed by atoms with Crippen LogP contribution < -0.4 is 5.73 Å². The van der Waals surface area contributed by atoms with Crippen molar-refractivity contribution in [2.75, 3.05) is 13.2 Å². The van der Waals surface area contributed by atoms with Crippen LogP contribution in [0.5, 0.6) is 0 Å². The van der Waals surface area contributed by atoms with Gasteiger partial charge in [0.05, 0.1) is 0 Å². The van der Waals surface area contributed by atoms with E-state index >= 15 is 0 Å². The molecular weight excluding hydrogens is 327 g/mol. The first-order valence-electron chi connectivity index (χ1n) is 7.16. The number of aliphatic hydroxyl groups is 2. The van der Waals surface area contributed by atoms with E-state index in [9.17, 15) is 15.1 Å². The van der Waals surface area contributed by atoms with Gasteiger partial charge in [-0.15, -0.1) is 0 Å². The predicted molar refractivity (Wildman–Crippen MR) is 79.4 cm³/mol. The molecule has 2 aliphatic rings. The normalized spacial score (nSPS) is 38.3. The second kappa shape index (κ2) is 6.64. The second-order valence-electron chi connectivity index (χ2n) is 5.48. The molecule has 1 aromatic heterocycles. The first kappa shape index (κ1) is 17.1. The van der Waals surface area contributed by atoms with Gasteiger partial charge in [-0.25, -0.2) is 0 Å². The fourth-order valence-electron chi connectivity index (χ4n) is 2.41. The Hall–Kier alpha value is -0.740. The Morgan fingerprint density at radius 2 is 2.13 bits per heavy atom. The minimum atomic E-state index is -3.94. The summed E-state index contributed by atoms with van der Waals surface area (Å²) in [7, 11) is -3.94. The van der Waals surface area contributed by atoms with Gasteiger partial charge in [-0.3, -0.25) is 0 Å². The monoisotopic (exact) mass is 347 g/mol. The van der Waals surface area contributed by atoms with Crippen LogP contribution in [0.3, 0.4) is 0 Å². The zero-order valence-electron chi connectivity index (χ0n) is 12.2. The molecule has 2 saturated heterocycles. The van der Waals surface area contributed by atoms with E-state index in [1.807, 2.05) is 0 Å². The first-order valence-corrected chi connectivity index (χ1v) is 8.83. The molecule has 10 heteroatoms. The van der Waals surface area contributed by atoms with Crippen LogP contribution >= 0.6 is 8.17 Å². The average Bonchev–Trinajstić information content (AvgIpc) is 2.82. The topological polar surface area (TPSA) is 137 Å². The van der Waals surface area contributed by atoms with E-state index in [4.69, 9.17) is 24.0 Å². The van der Waals surface area contributed by atoms with Crippen LogP contribution in [0.4, 0.5) is 0 Å². The van der Waals surface area contributed by atoms with Gasteiger partial charge in [0.15, 0.2) is 0 Å². The molecule has 0 spiro atoms. The van der Waals surface area contributed by atoms with E-state index in [1.165, 1.54) is 0 Å². The maximum absolute atomic E-state index is 10.4. The Morgan fingerprint density at radius 3 is 2.78 bits per heavy atom. The number of nitrogens with two attached hydrogens (primary N) is 1. The van der Waals surface area contributed by atoms with Gasteiger partial charge in [0.1, 0.15) is 0 Å². The van der Waals surface area contributed by atoms with E-state index in [0.717, 1.165) is 12.2 Å². The number of nitrogens with zero attached hydrogens (tertiary/aromatic N) is 1. The standard InChI is InChI=1S/C13H20N2O7P/c14-13(12(17)10(16)7-19-13)8-21-23(18)20-6-3-11(22-23)9-1-4-15-5-2-9/h1-2,4-5,7,10-12,16-18,23H,3,6,8,14H2/t10-,11+,12+,13-/m1/s1. The molecule has 3 rings (SSSR count). The number of aliphatic hydroxyl groups excluding tert-OH is 2. The molecule has 0 bridgehead atoms. The Balaban J connectivity index is 1.63. The van der Waals surface area contributed by atoms with Crippen LogP contribution in [-0.4, -0.2) is 51.2 Å². The van der Waals surface area contributed by atoms with Crippen LogP contribution in [0, 0.1) is 6.61 Å². The molecule has 5 N–H and O–H groups in total. The van der Waals surface area contributed by atoms with E-state index in [2.05, 4.69) is 4.98 Å². The van der Waals surface area contributed by atoms with Crippen LogP contribution in [0.1, 0.15) is 18.1 Å². The third-order valence-electron chi connectivity index (χ3n) is 3.76. The summed E-state index contributed by atoms with van der Waals surface area (Å²) >= 11 is 0. The molecule has 129 valence electrons. The SMILES string of the molecule is N[C@]1(CO[PH]2(O)OCC[C@@H](c3ccncc3)O2)O[CH][C@@H](O)[C@@H]1O. The molecule has 0 aromatic carbocycles. The Bertz CT molecular complexity index is 538. The van der Waals surface area contributed by atoms with Gasteiger partial charge in [0, 0.05) is 0 Å². The van der Waals surface area contributed by atoms with E-state index in [1.54, 1.807) is 24.5 Å². The Kier molecular flexibility index (Phi) is 4.93. The number of pyridine rings is 1. The van der Waals surface area contributed by atoms with Gasteiger partial charge in [0.2, 0.25) is 0 Å². The molecule has 1 aromatic rings. The minimum absolute atomic E-state index is 0.255. The van der Waals surface area contributed by atoms with Crippen molar-refractivity contribution in [3.05, 3.63) is 36.7 Å². The summed E-state index contributed by atoms with van der Waals surface area (Å²) in [5.41, 5.74) is 5.00. The summed E-state index contributed by atoms with van der Waals surface area (Å²) in [5.74, 6) is 0. The Morgan fingerprint density at radius 1 is 1.39 bits per heavy atom. The quantitative estimate of drug-likeness (QED) is 0.534. The van der Waals surface area contributed by atoms with Crippen molar-refractivity contribution < 1.29 is 33.4 Å². The van der Waals surface area contributed by atoms with Crippen molar-refractivity contribution in [3.8, 4) is 0 Å². The number of rotatable bonds is 4. The second-order valence-corrected chi connectivity index (χ2v) is 7.34. The molecule has 0 unspecified atom stereocenters. The molecule has 2 aliphatic heterocycles. The van der Waals surface area contributed by atoms with Gasteiger partial charge < -0.3 is 0 Å². The number of aromatic nitrogens is 1. The van der Waals surface area contributed by atoms with Crippen LogP contribution in [-0.2, 0) is 18.3 Å². The molecule has 23 heavy (non-hydrogen) atoms. The van der Waals surface area contributed by atoms with Crippen molar-refractivity contribution in [1.29, 1.82) is 0 Å². The summed E-state index contributed by atoms with van der Waals surface area (Å²) in [6, 6.07) is 3.56. The third kappa shape index (κ3) is 3.69. The summed E-state index contributed by atoms with van der Waals surface area (Å²) in [6.45, 7) is 0.876. The summed E-state index contributed by atoms with van der Waals surface area (Å²) in [6.07, 6.45) is 0.831. The maximum atomic E-state index is 10.4. The van der Waals surface area contributed by atoms with Gasteiger partial charge in [-0.2, -0.15) is 0 Å². The molecule has 9 nitrogen and oxygen atoms in total. The summed E-state index contributed by atoms with van der Waals surface area (Å²) in [4.78, 5) is 14.4. The predicted octanol–water partition coefficient (Wildman–Crippen LogP) is -0.453. The van der Waals surface area contributed by atoms with Crippen LogP contribution in [0.2, 0.25) is 0 Å². The molecule has 3 heterocycles. The van der Waals surface area contributed by atoms with Crippen LogP contribution in [0.25, 0.3) is 0 Å². The van der Waals surface area contributed by atoms with Crippen LogP contribution in [0.15, 0.2) is 24.5 Å². The molecule has 1 radical (unpaired) electrons. The van der Waals surface area contributed by atoms with Crippen molar-refractivity contribution in [1.82, 2.24) is 4.98 Å². The zero-order valence-corrected chi connectivity index (χ0v) is 13.2. The van der Waals surface area contributed by atoms with Gasteiger partial charge in [-0.1, -0.05) is 0 Å². The molecule has 2 fully saturated rings. The fourth-order valence-corrected chi connectivity index (χ4v) is 4.03. The molecule has 0 saturated carbocycles. The van der Waals surface area contributed by atoms with Gasteiger partial charge in [-0.05, 0) is 0 Å². The van der Waals surface area contributed by atoms with Crippen molar-refractivity contribution in [2.45, 2.75) is 30.5 Å². The van der Waals surface area contributed by atoms with E-state index < -0.39 is 32.7 Å². The number of ether oxygens (including phenoxy) is 1. The fraction of sp³-hybridized carbons (Fsp3) is 0.538. The first-order chi connectivity index (χ1) is 10.9. The van der Waals surface area contributed by atoms with Crippen molar-refractivity contribution in [3.63, 3.8) is 0 Å². The summed E-state index contributed by atoms with van der Waals surface area (Å²) in [5, 5.41) is 19.2. The molecule has 0 aliphatic carbocycles. The number of hydrogen-bond acceptors (Lipinski definition) is 9. The molecule has 0 amide bonds. The molecule has 4 atom stereocenters. The van der Waals surface area contributed by atoms with E-state index in [0.29, 0.717) is 6.42 Å². The number of hydrogen-bond donors (Lipinski definition) is 4. The summed E-state index contributed by atoms with van der Waals surface area (Å²) < 4.78 is 21.2. The van der Waals surface area contributed by atoms with Crippen molar-refractivity contribution in [2.24, 2.45) is 5.73 Å². The van der Waals surface area contributed by atoms with Gasteiger partial charge >= 0.3 is 133 Å². The van der Waals surface area contributed by atoms with Crippen molar-refractivity contribution >= 4 is 8.17 Å². The average molecular weight is 347 g/mol. The zero-order chi connectivity index (χ0) is 16.5.